The summed E-state index contributed by atoms with van der Waals surface area (Å²) in [5, 5.41) is 0.770. The SMILES string of the molecule is O=S(=O)(C(F)F)N1CCCC1CCCBr. The molecule has 1 rings (SSSR count). The van der Waals surface area contributed by atoms with Crippen molar-refractivity contribution in [2.45, 2.75) is 37.5 Å². The molecular weight excluding hydrogens is 292 g/mol. The molecule has 0 N–H and O–H groups in total. The molecule has 15 heavy (non-hydrogen) atoms. The molecule has 0 saturated carbocycles. The van der Waals surface area contributed by atoms with E-state index in [1.165, 1.54) is 0 Å². The van der Waals surface area contributed by atoms with Gasteiger partial charge in [0.15, 0.2) is 0 Å². The zero-order valence-electron chi connectivity index (χ0n) is 8.20. The maximum Gasteiger partial charge on any atom is 0.350 e. The van der Waals surface area contributed by atoms with E-state index in [9.17, 15) is 17.2 Å². The minimum absolute atomic E-state index is 0.235. The van der Waals surface area contributed by atoms with Gasteiger partial charge in [-0.25, -0.2) is 8.42 Å². The molecule has 1 unspecified atom stereocenters. The highest BCUT2D eigenvalue weighted by molar-refractivity contribution is 9.09. The molecule has 0 aromatic rings. The zero-order chi connectivity index (χ0) is 11.5. The molecule has 90 valence electrons. The highest BCUT2D eigenvalue weighted by Crippen LogP contribution is 2.27. The number of hydrogen-bond donors (Lipinski definition) is 0. The third kappa shape index (κ3) is 3.10. The van der Waals surface area contributed by atoms with E-state index < -0.39 is 15.8 Å². The smallest absolute Gasteiger partial charge is 0.206 e. The van der Waals surface area contributed by atoms with Gasteiger partial charge in [-0.2, -0.15) is 13.1 Å². The lowest BCUT2D eigenvalue weighted by molar-refractivity contribution is 0.215. The third-order valence-corrected chi connectivity index (χ3v) is 4.69. The molecule has 1 aliphatic heterocycles. The molecule has 3 nitrogen and oxygen atoms in total. The largest absolute Gasteiger partial charge is 0.350 e. The molecular formula is C8H14BrF2NO2S. The van der Waals surface area contributed by atoms with Crippen molar-refractivity contribution in [2.75, 3.05) is 11.9 Å². The first-order chi connectivity index (χ1) is 7.00. The summed E-state index contributed by atoms with van der Waals surface area (Å²) in [6, 6.07) is -0.235. The first kappa shape index (κ1) is 13.3. The van der Waals surface area contributed by atoms with Crippen LogP contribution in [0, 0.1) is 0 Å². The van der Waals surface area contributed by atoms with Crippen LogP contribution in [0.3, 0.4) is 0 Å². The van der Waals surface area contributed by atoms with Crippen molar-refractivity contribution in [3.8, 4) is 0 Å². The number of rotatable bonds is 5. The van der Waals surface area contributed by atoms with Gasteiger partial charge < -0.3 is 0 Å². The molecule has 1 fully saturated rings. The molecule has 0 aromatic heterocycles. The van der Waals surface area contributed by atoms with E-state index in [4.69, 9.17) is 0 Å². The molecule has 0 aliphatic carbocycles. The maximum absolute atomic E-state index is 12.3. The van der Waals surface area contributed by atoms with Gasteiger partial charge in [-0.15, -0.1) is 0 Å². The summed E-state index contributed by atoms with van der Waals surface area (Å²) in [5.74, 6) is -3.29. The van der Waals surface area contributed by atoms with Crippen LogP contribution in [0.25, 0.3) is 0 Å². The average Bonchev–Trinajstić information content (AvgIpc) is 2.62. The summed E-state index contributed by atoms with van der Waals surface area (Å²) in [6.45, 7) is 0.236. The Hall–Kier alpha value is 0.250. The van der Waals surface area contributed by atoms with Gasteiger partial charge in [0.05, 0.1) is 0 Å². The van der Waals surface area contributed by atoms with E-state index in [2.05, 4.69) is 15.9 Å². The van der Waals surface area contributed by atoms with Crippen LogP contribution in [0.15, 0.2) is 0 Å². The summed E-state index contributed by atoms with van der Waals surface area (Å²) >= 11 is 3.24. The van der Waals surface area contributed by atoms with Gasteiger partial charge >= 0.3 is 5.76 Å². The maximum atomic E-state index is 12.3. The summed E-state index contributed by atoms with van der Waals surface area (Å²) in [7, 11) is -4.37. The van der Waals surface area contributed by atoms with Crippen molar-refractivity contribution in [1.29, 1.82) is 0 Å². The van der Waals surface area contributed by atoms with Crippen LogP contribution >= 0.6 is 15.9 Å². The van der Waals surface area contributed by atoms with Gasteiger partial charge in [0.1, 0.15) is 0 Å². The van der Waals surface area contributed by atoms with Gasteiger partial charge in [0, 0.05) is 17.9 Å². The van der Waals surface area contributed by atoms with Crippen LogP contribution in [-0.4, -0.2) is 36.4 Å². The second kappa shape index (κ2) is 5.54. The molecule has 1 aliphatic rings. The second-order valence-electron chi connectivity index (χ2n) is 3.54. The fourth-order valence-corrected chi connectivity index (χ4v) is 3.39. The van der Waals surface area contributed by atoms with Crippen molar-refractivity contribution in [1.82, 2.24) is 4.31 Å². The summed E-state index contributed by atoms with van der Waals surface area (Å²) in [4.78, 5) is 0. The van der Waals surface area contributed by atoms with E-state index in [0.717, 1.165) is 16.1 Å². The Labute approximate surface area is 97.0 Å². The lowest BCUT2D eigenvalue weighted by Gasteiger charge is -2.23. The predicted octanol–water partition coefficient (Wildman–Crippen LogP) is 2.18. The lowest BCUT2D eigenvalue weighted by atomic mass is 10.1. The minimum Gasteiger partial charge on any atom is -0.206 e. The Morgan fingerprint density at radius 2 is 2.13 bits per heavy atom. The van der Waals surface area contributed by atoms with Crippen LogP contribution in [0.4, 0.5) is 8.78 Å². The highest BCUT2D eigenvalue weighted by atomic mass is 79.9. The molecule has 1 atom stereocenters. The quantitative estimate of drug-likeness (QED) is 0.730. The van der Waals surface area contributed by atoms with Crippen molar-refractivity contribution >= 4 is 26.0 Å². The van der Waals surface area contributed by atoms with Crippen LogP contribution in [0.2, 0.25) is 0 Å². The number of alkyl halides is 3. The molecule has 1 saturated heterocycles. The fourth-order valence-electron chi connectivity index (χ4n) is 1.85. The van der Waals surface area contributed by atoms with Gasteiger partial charge in [-0.1, -0.05) is 15.9 Å². The van der Waals surface area contributed by atoms with Crippen LogP contribution in [0.5, 0.6) is 0 Å². The normalized spacial score (nSPS) is 23.9. The van der Waals surface area contributed by atoms with Crippen LogP contribution < -0.4 is 0 Å². The number of sulfonamides is 1. The number of nitrogens with zero attached hydrogens (tertiary/aromatic N) is 1. The Bertz CT molecular complexity index is 297. The highest BCUT2D eigenvalue weighted by Gasteiger charge is 2.39. The fraction of sp³-hybridized carbons (Fsp3) is 1.00. The molecule has 0 bridgehead atoms. The van der Waals surface area contributed by atoms with Crippen molar-refractivity contribution in [2.24, 2.45) is 0 Å². The molecule has 0 aromatic carbocycles. The Morgan fingerprint density at radius 3 is 2.67 bits per heavy atom. The summed E-state index contributed by atoms with van der Waals surface area (Å²) in [5.41, 5.74) is 0. The zero-order valence-corrected chi connectivity index (χ0v) is 10.6. The molecule has 0 radical (unpaired) electrons. The number of halogens is 3. The molecule has 7 heteroatoms. The van der Waals surface area contributed by atoms with E-state index in [1.807, 2.05) is 0 Å². The van der Waals surface area contributed by atoms with Gasteiger partial charge in [-0.3, -0.25) is 0 Å². The van der Waals surface area contributed by atoms with Crippen molar-refractivity contribution < 1.29 is 17.2 Å². The van der Waals surface area contributed by atoms with Crippen LogP contribution in [-0.2, 0) is 10.0 Å². The third-order valence-electron chi connectivity index (χ3n) is 2.55. The first-order valence-electron chi connectivity index (χ1n) is 4.85. The standard InChI is InChI=1S/C8H14BrF2NO2S/c9-5-1-3-7-4-2-6-12(7)15(13,14)8(10)11/h7-8H,1-6H2. The topological polar surface area (TPSA) is 37.4 Å². The average molecular weight is 306 g/mol. The lowest BCUT2D eigenvalue weighted by Crippen LogP contribution is -2.39. The van der Waals surface area contributed by atoms with Gasteiger partial charge in [0.2, 0.25) is 0 Å². The van der Waals surface area contributed by atoms with Gasteiger partial charge in [-0.05, 0) is 25.7 Å². The Kier molecular flexibility index (Phi) is 4.92. The first-order valence-corrected chi connectivity index (χ1v) is 7.47. The van der Waals surface area contributed by atoms with E-state index >= 15 is 0 Å². The van der Waals surface area contributed by atoms with Crippen molar-refractivity contribution in [3.63, 3.8) is 0 Å². The summed E-state index contributed by atoms with van der Waals surface area (Å²) in [6.07, 6.45) is 2.83. The van der Waals surface area contributed by atoms with Crippen molar-refractivity contribution in [3.05, 3.63) is 0 Å². The Balaban J connectivity index is 2.68. The van der Waals surface area contributed by atoms with Gasteiger partial charge in [0.25, 0.3) is 10.0 Å². The van der Waals surface area contributed by atoms with E-state index in [-0.39, 0.29) is 12.6 Å². The Morgan fingerprint density at radius 1 is 1.47 bits per heavy atom. The molecule has 1 heterocycles. The summed E-state index contributed by atoms with van der Waals surface area (Å²) < 4.78 is 48.2. The minimum atomic E-state index is -4.37. The second-order valence-corrected chi connectivity index (χ2v) is 6.19. The van der Waals surface area contributed by atoms with E-state index in [1.54, 1.807) is 0 Å². The molecule has 0 spiro atoms. The molecule has 0 amide bonds. The van der Waals surface area contributed by atoms with E-state index in [0.29, 0.717) is 19.3 Å². The monoisotopic (exact) mass is 305 g/mol. The van der Waals surface area contributed by atoms with Crippen LogP contribution in [0.1, 0.15) is 25.7 Å². The predicted molar refractivity (Wildman–Crippen MR) is 57.7 cm³/mol. The number of hydrogen-bond acceptors (Lipinski definition) is 2.